The van der Waals surface area contributed by atoms with Crippen molar-refractivity contribution in [1.82, 2.24) is 10.2 Å². The number of anilines is 1. The van der Waals surface area contributed by atoms with E-state index in [9.17, 15) is 9.90 Å². The van der Waals surface area contributed by atoms with Crippen molar-refractivity contribution in [2.24, 2.45) is 11.8 Å². The zero-order valence-corrected chi connectivity index (χ0v) is 15.9. The molecule has 2 fully saturated rings. The minimum atomic E-state index is -0.0194. The number of carbonyl (C=O) groups excluding carboxylic acids is 1. The molecule has 0 aliphatic carbocycles. The number of carbonyl (C=O) groups is 1. The molecule has 2 heterocycles. The van der Waals surface area contributed by atoms with Crippen molar-refractivity contribution in [1.29, 1.82) is 0 Å². The lowest BCUT2D eigenvalue weighted by atomic mass is 9.93. The van der Waals surface area contributed by atoms with Crippen LogP contribution in [0.25, 0.3) is 0 Å². The van der Waals surface area contributed by atoms with Gasteiger partial charge in [-0.15, -0.1) is 12.4 Å². The molecule has 140 valence electrons. The van der Waals surface area contributed by atoms with Crippen LogP contribution >= 0.6 is 24.0 Å². The molecule has 1 aromatic carbocycles. The highest BCUT2D eigenvalue weighted by molar-refractivity contribution is 6.31. The molecule has 0 bridgehead atoms. The van der Waals surface area contributed by atoms with Gasteiger partial charge in [-0.3, -0.25) is 4.79 Å². The van der Waals surface area contributed by atoms with E-state index in [4.69, 9.17) is 11.6 Å². The molecule has 3 N–H and O–H groups in total. The summed E-state index contributed by atoms with van der Waals surface area (Å²) >= 11 is 5.92. The van der Waals surface area contributed by atoms with Gasteiger partial charge in [0.25, 0.3) is 0 Å². The summed E-state index contributed by atoms with van der Waals surface area (Å²) in [5.74, 6) is 0.831. The van der Waals surface area contributed by atoms with Crippen LogP contribution in [-0.2, 0) is 4.79 Å². The van der Waals surface area contributed by atoms with Crippen LogP contribution in [0.15, 0.2) is 18.2 Å². The molecule has 5 nitrogen and oxygen atoms in total. The number of phenols is 1. The monoisotopic (exact) mass is 387 g/mol. The van der Waals surface area contributed by atoms with E-state index in [0.717, 1.165) is 51.5 Å². The first kappa shape index (κ1) is 20.3. The first-order valence-corrected chi connectivity index (χ1v) is 9.22. The summed E-state index contributed by atoms with van der Waals surface area (Å²) in [5.41, 5.74) is 0.393. The van der Waals surface area contributed by atoms with Crippen LogP contribution in [0.2, 0.25) is 5.02 Å². The predicted molar refractivity (Wildman–Crippen MR) is 104 cm³/mol. The quantitative estimate of drug-likeness (QED) is 0.694. The second kappa shape index (κ2) is 9.62. The zero-order chi connectivity index (χ0) is 16.9. The molecule has 1 amide bonds. The Morgan fingerprint density at radius 3 is 2.60 bits per heavy atom. The van der Waals surface area contributed by atoms with Gasteiger partial charge in [0.2, 0.25) is 5.91 Å². The molecule has 0 unspecified atom stereocenters. The van der Waals surface area contributed by atoms with E-state index in [1.165, 1.54) is 18.9 Å². The Morgan fingerprint density at radius 2 is 1.92 bits per heavy atom. The topological polar surface area (TPSA) is 64.6 Å². The Bertz CT molecular complexity index is 571. The molecule has 0 aromatic heterocycles. The normalized spacial score (nSPS) is 20.0. The van der Waals surface area contributed by atoms with Gasteiger partial charge in [-0.1, -0.05) is 11.6 Å². The third-order valence-corrected chi connectivity index (χ3v) is 5.39. The number of piperidine rings is 2. The Hall–Kier alpha value is -1.01. The molecule has 0 radical (unpaired) electrons. The van der Waals surface area contributed by atoms with Gasteiger partial charge < -0.3 is 20.6 Å². The number of hydrogen-bond donors (Lipinski definition) is 3. The summed E-state index contributed by atoms with van der Waals surface area (Å²) in [6.07, 6.45) is 4.26. The predicted octanol–water partition coefficient (Wildman–Crippen LogP) is 3.12. The van der Waals surface area contributed by atoms with Crippen LogP contribution in [-0.4, -0.2) is 48.6 Å². The lowest BCUT2D eigenvalue weighted by Gasteiger charge is -2.35. The van der Waals surface area contributed by atoms with E-state index < -0.39 is 0 Å². The molecule has 0 spiro atoms. The van der Waals surface area contributed by atoms with Crippen LogP contribution < -0.4 is 10.6 Å². The van der Waals surface area contributed by atoms with Gasteiger partial charge in [0.1, 0.15) is 5.75 Å². The molecular weight excluding hydrogens is 361 g/mol. The lowest BCUT2D eigenvalue weighted by molar-refractivity contribution is -0.121. The maximum Gasteiger partial charge on any atom is 0.227 e. The van der Waals surface area contributed by atoms with Gasteiger partial charge in [0.15, 0.2) is 0 Å². The maximum absolute atomic E-state index is 12.4. The average molecular weight is 388 g/mol. The number of benzene rings is 1. The van der Waals surface area contributed by atoms with Gasteiger partial charge in [-0.05, 0) is 76.0 Å². The summed E-state index contributed by atoms with van der Waals surface area (Å²) in [4.78, 5) is 14.9. The summed E-state index contributed by atoms with van der Waals surface area (Å²) < 4.78 is 0. The zero-order valence-electron chi connectivity index (χ0n) is 14.3. The summed E-state index contributed by atoms with van der Waals surface area (Å²) in [5, 5.41) is 16.5. The summed E-state index contributed by atoms with van der Waals surface area (Å²) in [7, 11) is 0. The molecule has 0 atom stereocenters. The molecular formula is C18H27Cl2N3O2. The molecule has 1 aromatic rings. The number of nitrogens with zero attached hydrogens (tertiary/aromatic N) is 1. The standard InChI is InChI=1S/C18H26ClN3O2.ClH/c19-15-1-2-17(23)16(11-15)21-18(24)14-5-9-22(10-6-14)12-13-3-7-20-8-4-13;/h1-2,11,13-14,20,23H,3-10,12H2,(H,21,24);1H. The Balaban J connectivity index is 0.00000225. The molecule has 7 heteroatoms. The third kappa shape index (κ3) is 5.74. The lowest BCUT2D eigenvalue weighted by Crippen LogP contribution is -2.42. The Morgan fingerprint density at radius 1 is 1.24 bits per heavy atom. The third-order valence-electron chi connectivity index (χ3n) is 5.15. The number of halogens is 2. The maximum atomic E-state index is 12.4. The highest BCUT2D eigenvalue weighted by Crippen LogP contribution is 2.28. The van der Waals surface area contributed by atoms with Crippen molar-refractivity contribution < 1.29 is 9.90 Å². The second-order valence-corrected chi connectivity index (χ2v) is 7.36. The molecule has 3 rings (SSSR count). The minimum Gasteiger partial charge on any atom is -0.506 e. The van der Waals surface area contributed by atoms with Crippen molar-refractivity contribution >= 4 is 35.6 Å². The fourth-order valence-electron chi connectivity index (χ4n) is 3.65. The molecule has 2 aliphatic rings. The number of aromatic hydroxyl groups is 1. The van der Waals surface area contributed by atoms with Crippen LogP contribution in [0.1, 0.15) is 25.7 Å². The number of likely N-dealkylation sites (tertiary alicyclic amines) is 1. The molecule has 2 aliphatic heterocycles. The van der Waals surface area contributed by atoms with Crippen molar-refractivity contribution in [3.8, 4) is 5.75 Å². The fourth-order valence-corrected chi connectivity index (χ4v) is 3.82. The van der Waals surface area contributed by atoms with E-state index in [2.05, 4.69) is 15.5 Å². The van der Waals surface area contributed by atoms with Crippen LogP contribution in [0, 0.1) is 11.8 Å². The SMILES string of the molecule is Cl.O=C(Nc1cc(Cl)ccc1O)C1CCN(CC2CCNCC2)CC1. The molecule has 0 saturated carbocycles. The van der Waals surface area contributed by atoms with Crippen molar-refractivity contribution in [3.63, 3.8) is 0 Å². The first-order valence-electron chi connectivity index (χ1n) is 8.84. The summed E-state index contributed by atoms with van der Waals surface area (Å²) in [6, 6.07) is 4.69. The van der Waals surface area contributed by atoms with Crippen LogP contribution in [0.5, 0.6) is 5.75 Å². The van der Waals surface area contributed by atoms with Crippen LogP contribution in [0.4, 0.5) is 5.69 Å². The van der Waals surface area contributed by atoms with E-state index in [1.54, 1.807) is 12.1 Å². The number of phenolic OH excluding ortho intramolecular Hbond substituents is 1. The van der Waals surface area contributed by atoms with E-state index in [0.29, 0.717) is 10.7 Å². The van der Waals surface area contributed by atoms with E-state index in [-0.39, 0.29) is 30.0 Å². The van der Waals surface area contributed by atoms with Crippen molar-refractivity contribution in [2.75, 3.05) is 38.0 Å². The van der Waals surface area contributed by atoms with E-state index >= 15 is 0 Å². The van der Waals surface area contributed by atoms with Crippen molar-refractivity contribution in [2.45, 2.75) is 25.7 Å². The van der Waals surface area contributed by atoms with Crippen molar-refractivity contribution in [3.05, 3.63) is 23.2 Å². The number of hydrogen-bond acceptors (Lipinski definition) is 4. The fraction of sp³-hybridized carbons (Fsp3) is 0.611. The Labute approximate surface area is 160 Å². The number of amides is 1. The minimum absolute atomic E-state index is 0. The highest BCUT2D eigenvalue weighted by Gasteiger charge is 2.27. The number of nitrogens with one attached hydrogen (secondary N) is 2. The molecule has 2 saturated heterocycles. The van der Waals surface area contributed by atoms with Gasteiger partial charge >= 0.3 is 0 Å². The molecule has 25 heavy (non-hydrogen) atoms. The smallest absolute Gasteiger partial charge is 0.227 e. The second-order valence-electron chi connectivity index (χ2n) is 6.92. The van der Waals surface area contributed by atoms with Gasteiger partial charge in [-0.2, -0.15) is 0 Å². The first-order chi connectivity index (χ1) is 11.6. The largest absolute Gasteiger partial charge is 0.506 e. The highest BCUT2D eigenvalue weighted by atomic mass is 35.5. The number of rotatable bonds is 4. The van der Waals surface area contributed by atoms with Gasteiger partial charge in [0, 0.05) is 17.5 Å². The average Bonchev–Trinajstić information content (AvgIpc) is 2.60. The summed E-state index contributed by atoms with van der Waals surface area (Å²) in [6.45, 7) is 5.37. The van der Waals surface area contributed by atoms with Gasteiger partial charge in [-0.25, -0.2) is 0 Å². The van der Waals surface area contributed by atoms with Gasteiger partial charge in [0.05, 0.1) is 5.69 Å². The Kier molecular flexibility index (Phi) is 7.81. The van der Waals surface area contributed by atoms with E-state index in [1.807, 2.05) is 0 Å². The van der Waals surface area contributed by atoms with Crippen LogP contribution in [0.3, 0.4) is 0 Å².